The maximum atomic E-state index is 12.6. The summed E-state index contributed by atoms with van der Waals surface area (Å²) < 4.78 is 2.13. The zero-order valence-corrected chi connectivity index (χ0v) is 12.5. The van der Waals surface area contributed by atoms with Gasteiger partial charge >= 0.3 is 0 Å². The molecular formula is C17H18N4O. The Hall–Kier alpha value is -2.56. The van der Waals surface area contributed by atoms with Crippen LogP contribution in [0.3, 0.4) is 0 Å². The van der Waals surface area contributed by atoms with Crippen molar-refractivity contribution in [2.24, 2.45) is 5.92 Å². The molecule has 1 amide bonds. The van der Waals surface area contributed by atoms with Crippen molar-refractivity contribution in [2.75, 3.05) is 5.32 Å². The first kappa shape index (κ1) is 13.1. The van der Waals surface area contributed by atoms with Crippen LogP contribution in [0.4, 0.5) is 5.69 Å². The minimum atomic E-state index is 0.0114. The molecular weight excluding hydrogens is 276 g/mol. The second-order valence-electron chi connectivity index (χ2n) is 5.93. The number of para-hydroxylation sites is 1. The Morgan fingerprint density at radius 1 is 1.41 bits per heavy atom. The van der Waals surface area contributed by atoms with E-state index in [-0.39, 0.29) is 11.8 Å². The topological polar surface area (TPSA) is 62.7 Å². The highest BCUT2D eigenvalue weighted by Crippen LogP contribution is 2.28. The van der Waals surface area contributed by atoms with Crippen LogP contribution in [0.2, 0.25) is 0 Å². The fraction of sp³-hybridized carbons (Fsp3) is 0.294. The monoisotopic (exact) mass is 294 g/mol. The number of hydrogen-bond acceptors (Lipinski definition) is 2. The molecule has 2 N–H and O–H groups in total. The van der Waals surface area contributed by atoms with Gasteiger partial charge in [0.1, 0.15) is 0 Å². The van der Waals surface area contributed by atoms with Gasteiger partial charge in [-0.3, -0.25) is 4.79 Å². The molecule has 1 aliphatic heterocycles. The van der Waals surface area contributed by atoms with Crippen LogP contribution in [-0.2, 0) is 17.8 Å². The lowest BCUT2D eigenvalue weighted by Gasteiger charge is -2.23. The lowest BCUT2D eigenvalue weighted by molar-refractivity contribution is -0.120. The summed E-state index contributed by atoms with van der Waals surface area (Å²) in [4.78, 5) is 20.1. The quantitative estimate of drug-likeness (QED) is 0.763. The molecule has 112 valence electrons. The van der Waals surface area contributed by atoms with E-state index < -0.39 is 0 Å². The Morgan fingerprint density at radius 3 is 3.18 bits per heavy atom. The number of nitrogens with one attached hydrogen (secondary N) is 2. The maximum Gasteiger partial charge on any atom is 0.228 e. The van der Waals surface area contributed by atoms with Crippen LogP contribution >= 0.6 is 0 Å². The molecule has 0 saturated carbocycles. The van der Waals surface area contributed by atoms with Crippen LogP contribution in [0.5, 0.6) is 0 Å². The lowest BCUT2D eigenvalue weighted by atomic mass is 9.95. The van der Waals surface area contributed by atoms with Crippen LogP contribution in [0.25, 0.3) is 10.9 Å². The van der Waals surface area contributed by atoms with E-state index in [1.807, 2.05) is 43.7 Å². The van der Waals surface area contributed by atoms with Crippen molar-refractivity contribution >= 4 is 22.5 Å². The Balaban J connectivity index is 1.58. The number of aromatic nitrogens is 3. The summed E-state index contributed by atoms with van der Waals surface area (Å²) in [5, 5.41) is 4.19. The summed E-state index contributed by atoms with van der Waals surface area (Å²) in [5.41, 5.74) is 4.09. The predicted molar refractivity (Wildman–Crippen MR) is 85.7 cm³/mol. The minimum absolute atomic E-state index is 0.0114. The number of carbonyl (C=O) groups is 1. The van der Waals surface area contributed by atoms with Crippen LogP contribution in [-0.4, -0.2) is 20.4 Å². The van der Waals surface area contributed by atoms with Gasteiger partial charge in [0.15, 0.2) is 0 Å². The molecule has 22 heavy (non-hydrogen) atoms. The molecule has 1 atom stereocenters. The van der Waals surface area contributed by atoms with Crippen LogP contribution < -0.4 is 5.32 Å². The summed E-state index contributed by atoms with van der Waals surface area (Å²) in [5.74, 6) is 0.109. The van der Waals surface area contributed by atoms with Crippen molar-refractivity contribution in [2.45, 2.75) is 26.3 Å². The number of fused-ring (bicyclic) bond motifs is 2. The molecule has 0 saturated heterocycles. The van der Waals surface area contributed by atoms with Gasteiger partial charge in [0.2, 0.25) is 5.91 Å². The molecule has 0 fully saturated rings. The van der Waals surface area contributed by atoms with Crippen LogP contribution in [0.15, 0.2) is 36.8 Å². The van der Waals surface area contributed by atoms with E-state index in [1.54, 1.807) is 0 Å². The molecule has 5 nitrogen and oxygen atoms in total. The summed E-state index contributed by atoms with van der Waals surface area (Å²) in [6.07, 6.45) is 5.31. The van der Waals surface area contributed by atoms with Crippen LogP contribution in [0.1, 0.15) is 17.8 Å². The fourth-order valence-corrected chi connectivity index (χ4v) is 3.26. The number of aryl methyl sites for hydroxylation is 2. The first-order valence-corrected chi connectivity index (χ1v) is 7.59. The molecule has 1 aromatic carbocycles. The number of amides is 1. The number of aromatic amines is 1. The van der Waals surface area contributed by atoms with Gasteiger partial charge in [-0.25, -0.2) is 4.98 Å². The van der Waals surface area contributed by atoms with Gasteiger partial charge in [0.25, 0.3) is 0 Å². The Bertz CT molecular complexity index is 845. The summed E-state index contributed by atoms with van der Waals surface area (Å²) in [6.45, 7) is 2.85. The number of imidazole rings is 1. The fourth-order valence-electron chi connectivity index (χ4n) is 3.26. The van der Waals surface area contributed by atoms with Crippen molar-refractivity contribution in [3.63, 3.8) is 0 Å². The normalized spacial score (nSPS) is 17.4. The number of rotatable bonds is 2. The van der Waals surface area contributed by atoms with Gasteiger partial charge in [-0.1, -0.05) is 18.2 Å². The van der Waals surface area contributed by atoms with Gasteiger partial charge in [-0.15, -0.1) is 0 Å². The number of benzene rings is 1. The Kier molecular flexibility index (Phi) is 2.99. The van der Waals surface area contributed by atoms with E-state index in [9.17, 15) is 4.79 Å². The Morgan fingerprint density at radius 2 is 2.27 bits per heavy atom. The van der Waals surface area contributed by atoms with Gasteiger partial charge < -0.3 is 14.9 Å². The van der Waals surface area contributed by atoms with Crippen molar-refractivity contribution < 1.29 is 4.79 Å². The standard InChI is InChI=1S/C17H18N4O/c1-11-16(14-4-2-3-5-15(14)19-11)20-17(22)12-6-7-21-10-18-9-13(21)8-12/h2-5,9-10,12,19H,6-8H2,1H3,(H,20,22). The predicted octanol–water partition coefficient (Wildman–Crippen LogP) is 2.87. The second kappa shape index (κ2) is 5.02. The van der Waals surface area contributed by atoms with Crippen molar-refractivity contribution in [1.29, 1.82) is 0 Å². The molecule has 3 heterocycles. The van der Waals surface area contributed by atoms with Crippen molar-refractivity contribution in [1.82, 2.24) is 14.5 Å². The zero-order valence-electron chi connectivity index (χ0n) is 12.5. The van der Waals surface area contributed by atoms with Crippen molar-refractivity contribution in [3.05, 3.63) is 48.2 Å². The highest BCUT2D eigenvalue weighted by molar-refractivity contribution is 6.03. The number of anilines is 1. The van der Waals surface area contributed by atoms with Crippen molar-refractivity contribution in [3.8, 4) is 0 Å². The first-order chi connectivity index (χ1) is 10.7. The lowest BCUT2D eigenvalue weighted by Crippen LogP contribution is -2.30. The molecule has 0 bridgehead atoms. The molecule has 2 aromatic heterocycles. The minimum Gasteiger partial charge on any atom is -0.357 e. The maximum absolute atomic E-state index is 12.6. The van der Waals surface area contributed by atoms with E-state index in [2.05, 4.69) is 19.9 Å². The second-order valence-corrected chi connectivity index (χ2v) is 5.93. The number of H-pyrrole nitrogens is 1. The highest BCUT2D eigenvalue weighted by Gasteiger charge is 2.25. The molecule has 5 heteroatoms. The van der Waals surface area contributed by atoms with E-state index in [1.165, 1.54) is 0 Å². The summed E-state index contributed by atoms with van der Waals surface area (Å²) in [7, 11) is 0. The van der Waals surface area contributed by atoms with E-state index in [0.29, 0.717) is 0 Å². The highest BCUT2D eigenvalue weighted by atomic mass is 16.1. The van der Waals surface area contributed by atoms with Gasteiger partial charge in [-0.2, -0.15) is 0 Å². The summed E-state index contributed by atoms with van der Waals surface area (Å²) in [6, 6.07) is 8.04. The van der Waals surface area contributed by atoms with Gasteiger partial charge in [0, 0.05) is 47.4 Å². The zero-order chi connectivity index (χ0) is 15.1. The smallest absolute Gasteiger partial charge is 0.228 e. The van der Waals surface area contributed by atoms with Gasteiger partial charge in [-0.05, 0) is 19.4 Å². The molecule has 0 spiro atoms. The SMILES string of the molecule is Cc1[nH]c2ccccc2c1NC(=O)C1CCn2cncc2C1. The first-order valence-electron chi connectivity index (χ1n) is 7.59. The molecule has 1 aliphatic rings. The molecule has 1 unspecified atom stereocenters. The molecule has 4 rings (SSSR count). The third-order valence-corrected chi connectivity index (χ3v) is 4.49. The number of carbonyl (C=O) groups excluding carboxylic acids is 1. The Labute approximate surface area is 128 Å². The van der Waals surface area contributed by atoms with E-state index >= 15 is 0 Å². The van der Waals surface area contributed by atoms with Gasteiger partial charge in [0.05, 0.1) is 12.0 Å². The van der Waals surface area contributed by atoms with E-state index in [0.717, 1.165) is 47.4 Å². The van der Waals surface area contributed by atoms with Crippen LogP contribution in [0, 0.1) is 12.8 Å². The third-order valence-electron chi connectivity index (χ3n) is 4.49. The van der Waals surface area contributed by atoms with E-state index in [4.69, 9.17) is 0 Å². The molecule has 0 aliphatic carbocycles. The number of hydrogen-bond donors (Lipinski definition) is 2. The summed E-state index contributed by atoms with van der Waals surface area (Å²) >= 11 is 0. The molecule has 3 aromatic rings. The average molecular weight is 294 g/mol. The average Bonchev–Trinajstić information content (AvgIpc) is 3.11. The largest absolute Gasteiger partial charge is 0.357 e. The number of nitrogens with zero attached hydrogens (tertiary/aromatic N) is 2. The third kappa shape index (κ3) is 2.09. The molecule has 0 radical (unpaired) electrons.